The molecule has 0 amide bonds. The fourth-order valence-electron chi connectivity index (χ4n) is 4.08. The fraction of sp³-hybridized carbons (Fsp3) is 0.292. The summed E-state index contributed by atoms with van der Waals surface area (Å²) >= 11 is 0. The Morgan fingerprint density at radius 1 is 0.939 bits per heavy atom. The van der Waals surface area contributed by atoms with Gasteiger partial charge in [0.1, 0.15) is 0 Å². The zero-order chi connectivity index (χ0) is 22.6. The van der Waals surface area contributed by atoms with Crippen LogP contribution in [0.2, 0.25) is 0 Å². The predicted molar refractivity (Wildman–Crippen MR) is 129 cm³/mol. The summed E-state index contributed by atoms with van der Waals surface area (Å²) in [5, 5.41) is 23.6. The van der Waals surface area contributed by atoms with Crippen molar-refractivity contribution in [1.82, 2.24) is 19.5 Å². The highest BCUT2D eigenvalue weighted by molar-refractivity contribution is 5.95. The number of nitrogens with one attached hydrogen (secondary N) is 1. The van der Waals surface area contributed by atoms with Gasteiger partial charge in [-0.1, -0.05) is 43.3 Å². The summed E-state index contributed by atoms with van der Waals surface area (Å²) in [5.41, 5.74) is 2.21. The summed E-state index contributed by atoms with van der Waals surface area (Å²) in [6, 6.07) is 17.5. The maximum atomic E-state index is 10.8. The summed E-state index contributed by atoms with van der Waals surface area (Å²) in [5.74, 6) is 1.27. The van der Waals surface area contributed by atoms with E-state index in [9.17, 15) is 5.11 Å². The molecule has 0 saturated carbocycles. The largest absolute Gasteiger partial charge is 0.493 e. The van der Waals surface area contributed by atoms with Gasteiger partial charge in [0.25, 0.3) is 5.95 Å². The molecule has 2 aromatic heterocycles. The normalized spacial score (nSPS) is 13.9. The second-order valence-electron chi connectivity index (χ2n) is 7.99. The molecular weight excluding hydrogens is 416 g/mol. The number of aromatic nitrogens is 4. The molecule has 0 radical (unpaired) electrons. The number of hydrogen-bond donors (Lipinski definition) is 2. The minimum absolute atomic E-state index is 0.0956. The van der Waals surface area contributed by atoms with E-state index in [1.165, 1.54) is 0 Å². The molecule has 3 heterocycles. The van der Waals surface area contributed by atoms with Crippen LogP contribution in [-0.4, -0.2) is 37.7 Å². The van der Waals surface area contributed by atoms with E-state index in [-0.39, 0.29) is 11.8 Å². The number of aromatic hydroxyl groups is 1. The van der Waals surface area contributed by atoms with Crippen molar-refractivity contribution in [1.29, 1.82) is 0 Å². The zero-order valence-corrected chi connectivity index (χ0v) is 18.5. The third kappa shape index (κ3) is 4.34. The first-order valence-electron chi connectivity index (χ1n) is 11.3. The molecule has 1 fully saturated rings. The lowest BCUT2D eigenvalue weighted by molar-refractivity contribution is 0.421. The minimum atomic E-state index is 0.0956. The molecule has 9 heteroatoms. The van der Waals surface area contributed by atoms with Crippen LogP contribution in [0.15, 0.2) is 64.8 Å². The van der Waals surface area contributed by atoms with E-state index < -0.39 is 0 Å². The van der Waals surface area contributed by atoms with Crippen molar-refractivity contribution in [2.45, 2.75) is 32.7 Å². The third-order valence-corrected chi connectivity index (χ3v) is 5.63. The van der Waals surface area contributed by atoms with E-state index in [4.69, 9.17) is 0 Å². The molecule has 2 N–H and O–H groups in total. The van der Waals surface area contributed by atoms with Crippen LogP contribution in [0.4, 0.5) is 29.2 Å². The lowest BCUT2D eigenvalue weighted by atomic mass is 10.2. The van der Waals surface area contributed by atoms with Gasteiger partial charge in [-0.25, -0.2) is 0 Å². The second-order valence-corrected chi connectivity index (χ2v) is 7.99. The number of anilines is 3. The molecule has 0 spiro atoms. The van der Waals surface area contributed by atoms with E-state index in [2.05, 4.69) is 42.3 Å². The summed E-state index contributed by atoms with van der Waals surface area (Å²) in [6.45, 7) is 4.56. The highest BCUT2D eigenvalue weighted by Gasteiger charge is 2.19. The number of benzene rings is 2. The molecule has 2 aromatic carbocycles. The molecule has 33 heavy (non-hydrogen) atoms. The number of rotatable bonds is 7. The quantitative estimate of drug-likeness (QED) is 0.356. The van der Waals surface area contributed by atoms with E-state index >= 15 is 0 Å². The van der Waals surface area contributed by atoms with Gasteiger partial charge < -0.3 is 19.9 Å². The summed E-state index contributed by atoms with van der Waals surface area (Å²) < 4.78 is 1.86. The van der Waals surface area contributed by atoms with Crippen LogP contribution in [0, 0.1) is 0 Å². The van der Waals surface area contributed by atoms with Crippen LogP contribution in [0.5, 0.6) is 5.88 Å². The third-order valence-electron chi connectivity index (χ3n) is 5.63. The maximum absolute atomic E-state index is 10.8. The fourth-order valence-corrected chi connectivity index (χ4v) is 4.08. The van der Waals surface area contributed by atoms with Crippen LogP contribution < -0.4 is 10.2 Å². The van der Waals surface area contributed by atoms with Crippen molar-refractivity contribution in [2.24, 2.45) is 10.2 Å². The van der Waals surface area contributed by atoms with Gasteiger partial charge in [0, 0.05) is 30.7 Å². The molecule has 5 rings (SSSR count). The Morgan fingerprint density at radius 3 is 2.48 bits per heavy atom. The monoisotopic (exact) mass is 442 g/mol. The van der Waals surface area contributed by atoms with Gasteiger partial charge in [0.05, 0.1) is 5.52 Å². The molecule has 0 atom stereocenters. The number of aryl methyl sites for hydroxylation is 1. The lowest BCUT2D eigenvalue weighted by Gasteiger charge is -2.15. The molecule has 0 bridgehead atoms. The highest BCUT2D eigenvalue weighted by Crippen LogP contribution is 2.39. The molecular formula is C24H26N8O. The summed E-state index contributed by atoms with van der Waals surface area (Å²) in [6.07, 6.45) is 3.10. The van der Waals surface area contributed by atoms with Crippen LogP contribution in [0.25, 0.3) is 10.9 Å². The highest BCUT2D eigenvalue weighted by atomic mass is 16.3. The van der Waals surface area contributed by atoms with Crippen LogP contribution in [-0.2, 0) is 6.54 Å². The smallest absolute Gasteiger partial charge is 0.275 e. The maximum Gasteiger partial charge on any atom is 0.275 e. The number of azo groups is 1. The Morgan fingerprint density at radius 2 is 1.70 bits per heavy atom. The average molecular weight is 443 g/mol. The molecule has 1 saturated heterocycles. The van der Waals surface area contributed by atoms with Crippen LogP contribution >= 0.6 is 0 Å². The Kier molecular flexibility index (Phi) is 5.84. The van der Waals surface area contributed by atoms with E-state index in [1.807, 2.05) is 59.2 Å². The number of nitrogens with zero attached hydrogens (tertiary/aromatic N) is 7. The number of para-hydroxylation sites is 2. The SMILES string of the molecule is CCCn1c(O)c(N=Nc2nc(Nc3ccccc3)nc(N3CCCC3)n2)c2ccccc21. The topological polar surface area (TPSA) is 104 Å². The molecule has 1 aliphatic rings. The number of hydrogen-bond acceptors (Lipinski definition) is 8. The van der Waals surface area contributed by atoms with Crippen molar-refractivity contribution < 1.29 is 5.11 Å². The van der Waals surface area contributed by atoms with E-state index in [0.717, 1.165) is 48.9 Å². The Bertz CT molecular complexity index is 1280. The van der Waals surface area contributed by atoms with Gasteiger partial charge in [-0.2, -0.15) is 15.0 Å². The van der Waals surface area contributed by atoms with Crippen molar-refractivity contribution >= 4 is 40.1 Å². The van der Waals surface area contributed by atoms with Crippen LogP contribution in [0.1, 0.15) is 26.2 Å². The molecule has 0 unspecified atom stereocenters. The van der Waals surface area contributed by atoms with Gasteiger partial charge >= 0.3 is 0 Å². The molecule has 0 aliphatic carbocycles. The predicted octanol–water partition coefficient (Wildman–Crippen LogP) is 5.70. The first-order valence-corrected chi connectivity index (χ1v) is 11.3. The molecule has 168 valence electrons. The van der Waals surface area contributed by atoms with Crippen molar-refractivity contribution in [2.75, 3.05) is 23.3 Å². The van der Waals surface area contributed by atoms with Gasteiger partial charge in [-0.05, 0) is 37.5 Å². The molecule has 9 nitrogen and oxygen atoms in total. The van der Waals surface area contributed by atoms with Gasteiger partial charge in [-0.15, -0.1) is 10.2 Å². The molecule has 1 aliphatic heterocycles. The zero-order valence-electron chi connectivity index (χ0n) is 18.5. The molecule has 4 aromatic rings. The van der Waals surface area contributed by atoms with E-state index in [1.54, 1.807) is 0 Å². The summed E-state index contributed by atoms with van der Waals surface area (Å²) in [4.78, 5) is 15.7. The van der Waals surface area contributed by atoms with E-state index in [0.29, 0.717) is 24.1 Å². The van der Waals surface area contributed by atoms with Gasteiger partial charge in [0.2, 0.25) is 17.8 Å². The minimum Gasteiger partial charge on any atom is -0.493 e. The van der Waals surface area contributed by atoms with Crippen molar-refractivity contribution in [3.05, 3.63) is 54.6 Å². The van der Waals surface area contributed by atoms with Crippen LogP contribution in [0.3, 0.4) is 0 Å². The average Bonchev–Trinajstić information content (AvgIpc) is 3.46. The number of fused-ring (bicyclic) bond motifs is 1. The Balaban J connectivity index is 1.53. The van der Waals surface area contributed by atoms with Gasteiger partial charge in [-0.3, -0.25) is 0 Å². The van der Waals surface area contributed by atoms with Crippen molar-refractivity contribution in [3.63, 3.8) is 0 Å². The second kappa shape index (κ2) is 9.23. The summed E-state index contributed by atoms with van der Waals surface area (Å²) in [7, 11) is 0. The standard InChI is InChI=1S/C24H26N8O/c1-2-14-32-19-13-7-6-12-18(19)20(21(32)33)29-30-23-26-22(25-17-10-4-3-5-11-17)27-24(28-23)31-15-8-9-16-31/h3-7,10-13,33H,2,8-9,14-16H2,1H3,(H,25,26,27,28). The Hall–Kier alpha value is -4.01. The first-order chi connectivity index (χ1) is 16.2. The van der Waals surface area contributed by atoms with Crippen molar-refractivity contribution in [3.8, 4) is 5.88 Å². The Labute approximate surface area is 191 Å². The van der Waals surface area contributed by atoms with Gasteiger partial charge in [0.15, 0.2) is 5.69 Å². The first kappa shape index (κ1) is 20.9. The lowest BCUT2D eigenvalue weighted by Crippen LogP contribution is -2.21.